The summed E-state index contributed by atoms with van der Waals surface area (Å²) in [6.45, 7) is -0.106. The molecule has 1 fully saturated rings. The van der Waals surface area contributed by atoms with E-state index in [-0.39, 0.29) is 5.78 Å². The molecule has 2 aliphatic rings. The highest BCUT2D eigenvalue weighted by molar-refractivity contribution is 6.31. The van der Waals surface area contributed by atoms with Gasteiger partial charge in [0.05, 0.1) is 18.8 Å². The average Bonchev–Trinajstić information content (AvgIpc) is 2.75. The number of ketones is 1. The minimum absolute atomic E-state index is 0.0410. The lowest BCUT2D eigenvalue weighted by atomic mass is 9.90. The summed E-state index contributed by atoms with van der Waals surface area (Å²) in [5.41, 5.74) is 2.74. The van der Waals surface area contributed by atoms with Crippen molar-refractivity contribution in [2.75, 3.05) is 13.2 Å². The molecule has 4 N–H and O–H groups in total. The Morgan fingerprint density at radius 1 is 1.03 bits per heavy atom. The van der Waals surface area contributed by atoms with Crippen molar-refractivity contribution in [2.45, 2.75) is 43.4 Å². The van der Waals surface area contributed by atoms with Gasteiger partial charge in [0.15, 0.2) is 5.78 Å². The van der Waals surface area contributed by atoms with Crippen LogP contribution in [0.3, 0.4) is 0 Å². The fraction of sp³-hybridized carbons (Fsp3) is 0.409. The van der Waals surface area contributed by atoms with Gasteiger partial charge in [0, 0.05) is 11.4 Å². The Morgan fingerprint density at radius 3 is 2.60 bits per heavy atom. The Bertz CT molecular complexity index is 945. The van der Waals surface area contributed by atoms with E-state index in [1.54, 1.807) is 30.3 Å². The zero-order valence-corrected chi connectivity index (χ0v) is 16.8. The Labute approximate surface area is 178 Å². The summed E-state index contributed by atoms with van der Waals surface area (Å²) in [4.78, 5) is 12.2. The maximum Gasteiger partial charge on any atom is 0.170 e. The number of aliphatic hydroxyl groups is 4. The Kier molecular flexibility index (Phi) is 6.11. The molecular formula is C22H23ClO7. The number of fused-ring (bicyclic) bond motifs is 1. The van der Waals surface area contributed by atoms with E-state index >= 15 is 0 Å². The number of carbonyl (C=O) groups excluding carboxylic acids is 1. The zero-order chi connectivity index (χ0) is 21.4. The first-order valence-electron chi connectivity index (χ1n) is 9.77. The molecule has 7 nitrogen and oxygen atoms in total. The van der Waals surface area contributed by atoms with Crippen molar-refractivity contribution in [3.8, 4) is 5.75 Å². The van der Waals surface area contributed by atoms with Crippen LogP contribution in [0, 0.1) is 0 Å². The first-order chi connectivity index (χ1) is 14.4. The fourth-order valence-corrected chi connectivity index (χ4v) is 4.11. The van der Waals surface area contributed by atoms with Crippen LogP contribution in [0.4, 0.5) is 0 Å². The molecule has 0 bridgehead atoms. The van der Waals surface area contributed by atoms with Crippen molar-refractivity contribution in [1.29, 1.82) is 0 Å². The molecule has 0 aromatic heterocycles. The summed E-state index contributed by atoms with van der Waals surface area (Å²) in [7, 11) is 0. The van der Waals surface area contributed by atoms with Gasteiger partial charge in [-0.1, -0.05) is 29.8 Å². The first kappa shape index (κ1) is 21.2. The molecule has 4 rings (SSSR count). The molecule has 0 radical (unpaired) electrons. The van der Waals surface area contributed by atoms with Gasteiger partial charge in [0.25, 0.3) is 0 Å². The summed E-state index contributed by atoms with van der Waals surface area (Å²) in [6.07, 6.45) is -5.37. The van der Waals surface area contributed by atoms with Crippen LogP contribution in [-0.2, 0) is 11.2 Å². The monoisotopic (exact) mass is 434 g/mol. The molecule has 8 heteroatoms. The Morgan fingerprint density at radius 2 is 1.83 bits per heavy atom. The Hall–Kier alpha value is -2.00. The van der Waals surface area contributed by atoms with Gasteiger partial charge >= 0.3 is 0 Å². The summed E-state index contributed by atoms with van der Waals surface area (Å²) in [5, 5.41) is 40.3. The molecule has 5 atom stereocenters. The molecule has 0 aliphatic carbocycles. The highest BCUT2D eigenvalue weighted by atomic mass is 35.5. The summed E-state index contributed by atoms with van der Waals surface area (Å²) in [5.74, 6) is 0.621. The van der Waals surface area contributed by atoms with Gasteiger partial charge in [-0.2, -0.15) is 0 Å². The van der Waals surface area contributed by atoms with Crippen LogP contribution in [0.15, 0.2) is 36.4 Å². The predicted octanol–water partition coefficient (Wildman–Crippen LogP) is 1.41. The third-order valence-electron chi connectivity index (χ3n) is 5.62. The molecular weight excluding hydrogens is 412 g/mol. The molecule has 160 valence electrons. The van der Waals surface area contributed by atoms with Gasteiger partial charge in [-0.3, -0.25) is 4.79 Å². The van der Waals surface area contributed by atoms with Crippen molar-refractivity contribution >= 4 is 17.4 Å². The minimum Gasteiger partial charge on any atom is -0.492 e. The summed E-state index contributed by atoms with van der Waals surface area (Å²) >= 11 is 6.38. The van der Waals surface area contributed by atoms with Gasteiger partial charge in [0.1, 0.15) is 36.3 Å². The van der Waals surface area contributed by atoms with Crippen molar-refractivity contribution in [3.05, 3.63) is 63.7 Å². The predicted molar refractivity (Wildman–Crippen MR) is 108 cm³/mol. The molecule has 2 aromatic carbocycles. The second kappa shape index (κ2) is 8.63. The SMILES string of the molecule is O=C1CCOc2ccc(Cc3cc([C@@H]4O[C@H](CO)[C@@H](O)[C@H](O)[C@@H]4O)ccc3Cl)cc21. The number of Topliss-reactive ketones (excluding diaryl/α,β-unsaturated/α-hetero) is 1. The van der Waals surface area contributed by atoms with E-state index in [9.17, 15) is 25.2 Å². The Balaban J connectivity index is 1.61. The van der Waals surface area contributed by atoms with Crippen LogP contribution in [-0.4, -0.2) is 63.8 Å². The minimum atomic E-state index is -1.45. The highest BCUT2D eigenvalue weighted by Crippen LogP contribution is 2.35. The van der Waals surface area contributed by atoms with Gasteiger partial charge in [-0.15, -0.1) is 0 Å². The summed E-state index contributed by atoms with van der Waals surface area (Å²) in [6, 6.07) is 10.5. The number of halogens is 1. The van der Waals surface area contributed by atoms with E-state index < -0.39 is 37.1 Å². The first-order valence-corrected chi connectivity index (χ1v) is 10.1. The standard InChI is InChI=1S/C22H23ClO7/c23-15-3-2-12(22-21(28)20(27)19(26)18(10-24)30-22)9-13(15)7-11-1-4-17-14(8-11)16(25)5-6-29-17/h1-4,8-9,18-22,24,26-28H,5-7,10H2/t18-,19-,20+,21+,22+/m1/s1. The fourth-order valence-electron chi connectivity index (χ4n) is 3.92. The van der Waals surface area contributed by atoms with E-state index in [4.69, 9.17) is 21.1 Å². The van der Waals surface area contributed by atoms with E-state index in [0.717, 1.165) is 11.1 Å². The number of carbonyl (C=O) groups is 1. The van der Waals surface area contributed by atoms with Crippen LogP contribution >= 0.6 is 11.6 Å². The van der Waals surface area contributed by atoms with Crippen molar-refractivity contribution in [2.24, 2.45) is 0 Å². The van der Waals surface area contributed by atoms with Crippen LogP contribution in [0.5, 0.6) is 5.75 Å². The summed E-state index contributed by atoms with van der Waals surface area (Å²) < 4.78 is 11.2. The lowest BCUT2D eigenvalue weighted by Crippen LogP contribution is -2.55. The topological polar surface area (TPSA) is 116 Å². The van der Waals surface area contributed by atoms with Gasteiger partial charge < -0.3 is 29.9 Å². The zero-order valence-electron chi connectivity index (χ0n) is 16.1. The molecule has 1 saturated heterocycles. The van der Waals surface area contributed by atoms with E-state index in [0.29, 0.717) is 41.3 Å². The third-order valence-corrected chi connectivity index (χ3v) is 5.98. The van der Waals surface area contributed by atoms with Crippen molar-refractivity contribution in [1.82, 2.24) is 0 Å². The smallest absolute Gasteiger partial charge is 0.170 e. The average molecular weight is 435 g/mol. The van der Waals surface area contributed by atoms with Gasteiger partial charge in [-0.25, -0.2) is 0 Å². The molecule has 0 amide bonds. The second-order valence-electron chi connectivity index (χ2n) is 7.63. The van der Waals surface area contributed by atoms with Crippen molar-refractivity contribution < 1.29 is 34.7 Å². The normalized spacial score (nSPS) is 28.7. The molecule has 2 aliphatic heterocycles. The maximum atomic E-state index is 12.2. The molecule has 0 spiro atoms. The van der Waals surface area contributed by atoms with E-state index in [1.165, 1.54) is 0 Å². The van der Waals surface area contributed by atoms with E-state index in [2.05, 4.69) is 0 Å². The number of rotatable bonds is 4. The number of aliphatic hydroxyl groups excluding tert-OH is 4. The molecule has 2 heterocycles. The lowest BCUT2D eigenvalue weighted by Gasteiger charge is -2.40. The van der Waals surface area contributed by atoms with Crippen molar-refractivity contribution in [3.63, 3.8) is 0 Å². The van der Waals surface area contributed by atoms with Crippen LogP contribution in [0.1, 0.15) is 39.6 Å². The molecule has 0 unspecified atom stereocenters. The second-order valence-corrected chi connectivity index (χ2v) is 8.04. The number of hydrogen-bond acceptors (Lipinski definition) is 7. The highest BCUT2D eigenvalue weighted by Gasteiger charge is 2.44. The maximum absolute atomic E-state index is 12.2. The van der Waals surface area contributed by atoms with Gasteiger partial charge in [-0.05, 0) is 41.3 Å². The van der Waals surface area contributed by atoms with Crippen LogP contribution < -0.4 is 4.74 Å². The quantitative estimate of drug-likeness (QED) is 0.575. The third kappa shape index (κ3) is 3.97. The van der Waals surface area contributed by atoms with E-state index in [1.807, 2.05) is 6.07 Å². The van der Waals surface area contributed by atoms with Crippen LogP contribution in [0.2, 0.25) is 5.02 Å². The van der Waals surface area contributed by atoms with Gasteiger partial charge in [0.2, 0.25) is 0 Å². The lowest BCUT2D eigenvalue weighted by molar-refractivity contribution is -0.231. The molecule has 0 saturated carbocycles. The largest absolute Gasteiger partial charge is 0.492 e. The number of benzene rings is 2. The molecule has 2 aromatic rings. The molecule has 30 heavy (non-hydrogen) atoms. The number of hydrogen-bond donors (Lipinski definition) is 4. The number of ether oxygens (including phenoxy) is 2. The van der Waals surface area contributed by atoms with Crippen LogP contribution in [0.25, 0.3) is 0 Å².